The molecule has 2 aliphatic rings. The Hall–Kier alpha value is -2.94. The van der Waals surface area contributed by atoms with Crippen molar-refractivity contribution in [3.05, 3.63) is 77.9 Å². The van der Waals surface area contributed by atoms with Crippen molar-refractivity contribution in [3.8, 4) is 22.6 Å². The Bertz CT molecular complexity index is 1010. The zero-order valence-electron chi connectivity index (χ0n) is 16.5. The number of hydrogen-bond donors (Lipinski definition) is 1. The van der Waals surface area contributed by atoms with Crippen molar-refractivity contribution in [2.24, 2.45) is 5.92 Å². The molecular weight excluding hydrogens is 346 g/mol. The third kappa shape index (κ3) is 2.50. The molecule has 3 nitrogen and oxygen atoms in total. The number of methoxy groups -OCH3 is 1. The standard InChI is InChI=1S/C25H25NO2/c1-25(2)18-14-17(16-8-5-4-6-9-16)12-13-20(18)26-24-19(25)15-28-22-11-7-10-21(27-3)23(22)24/h4-14,19,24,26H,15H2,1-3H3. The van der Waals surface area contributed by atoms with E-state index in [1.165, 1.54) is 22.4 Å². The Labute approximate surface area is 166 Å². The summed E-state index contributed by atoms with van der Waals surface area (Å²) in [5, 5.41) is 3.80. The predicted molar refractivity (Wildman–Crippen MR) is 113 cm³/mol. The highest BCUT2D eigenvalue weighted by molar-refractivity contribution is 5.72. The van der Waals surface area contributed by atoms with Crippen molar-refractivity contribution in [3.63, 3.8) is 0 Å². The molecule has 3 aromatic rings. The maximum Gasteiger partial charge on any atom is 0.128 e. The molecule has 3 heteroatoms. The van der Waals surface area contributed by atoms with E-state index in [0.29, 0.717) is 12.5 Å². The van der Waals surface area contributed by atoms with Crippen molar-refractivity contribution < 1.29 is 9.47 Å². The zero-order chi connectivity index (χ0) is 19.3. The first-order valence-electron chi connectivity index (χ1n) is 9.86. The second kappa shape index (κ2) is 6.30. The van der Waals surface area contributed by atoms with E-state index in [-0.39, 0.29) is 11.5 Å². The van der Waals surface area contributed by atoms with E-state index in [9.17, 15) is 0 Å². The van der Waals surface area contributed by atoms with E-state index in [1.54, 1.807) is 7.11 Å². The molecule has 28 heavy (non-hydrogen) atoms. The lowest BCUT2D eigenvalue weighted by Crippen LogP contribution is -2.46. The van der Waals surface area contributed by atoms with E-state index >= 15 is 0 Å². The highest BCUT2D eigenvalue weighted by atomic mass is 16.5. The highest BCUT2D eigenvalue weighted by Gasteiger charge is 2.47. The quantitative estimate of drug-likeness (QED) is 0.616. The average Bonchev–Trinajstić information content (AvgIpc) is 2.73. The topological polar surface area (TPSA) is 30.5 Å². The predicted octanol–water partition coefficient (Wildman–Crippen LogP) is 5.82. The first-order valence-corrected chi connectivity index (χ1v) is 9.86. The van der Waals surface area contributed by atoms with Crippen LogP contribution in [0.3, 0.4) is 0 Å². The van der Waals surface area contributed by atoms with Crippen LogP contribution >= 0.6 is 0 Å². The molecule has 0 aliphatic carbocycles. The van der Waals surface area contributed by atoms with E-state index in [2.05, 4.69) is 67.7 Å². The van der Waals surface area contributed by atoms with Crippen LogP contribution in [0, 0.1) is 5.92 Å². The van der Waals surface area contributed by atoms with Crippen molar-refractivity contribution in [2.75, 3.05) is 19.0 Å². The second-order valence-corrected chi connectivity index (χ2v) is 8.26. The minimum absolute atomic E-state index is 0.0332. The van der Waals surface area contributed by atoms with Crippen molar-refractivity contribution in [1.29, 1.82) is 0 Å². The van der Waals surface area contributed by atoms with Crippen molar-refractivity contribution in [2.45, 2.75) is 25.3 Å². The normalized spacial score (nSPS) is 21.4. The number of rotatable bonds is 2. The number of ether oxygens (including phenoxy) is 2. The SMILES string of the molecule is COc1cccc2c1C1Nc3ccc(-c4ccccc4)cc3C(C)(C)C1CO2. The van der Waals surface area contributed by atoms with Crippen LogP contribution in [0.2, 0.25) is 0 Å². The summed E-state index contributed by atoms with van der Waals surface area (Å²) in [6.45, 7) is 5.37. The van der Waals surface area contributed by atoms with Crippen LogP contribution < -0.4 is 14.8 Å². The van der Waals surface area contributed by atoms with E-state index in [1.807, 2.05) is 18.2 Å². The van der Waals surface area contributed by atoms with Gasteiger partial charge in [0.15, 0.2) is 0 Å². The van der Waals surface area contributed by atoms with Gasteiger partial charge < -0.3 is 14.8 Å². The molecule has 0 bridgehead atoms. The molecule has 2 aliphatic heterocycles. The Morgan fingerprint density at radius 3 is 2.57 bits per heavy atom. The fraction of sp³-hybridized carbons (Fsp3) is 0.280. The monoisotopic (exact) mass is 371 g/mol. The summed E-state index contributed by atoms with van der Waals surface area (Å²) in [5.41, 5.74) is 6.14. The second-order valence-electron chi connectivity index (χ2n) is 8.26. The van der Waals surface area contributed by atoms with Gasteiger partial charge in [-0.15, -0.1) is 0 Å². The average molecular weight is 371 g/mol. The minimum Gasteiger partial charge on any atom is -0.496 e. The summed E-state index contributed by atoms with van der Waals surface area (Å²) in [4.78, 5) is 0. The smallest absolute Gasteiger partial charge is 0.128 e. The largest absolute Gasteiger partial charge is 0.496 e. The van der Waals surface area contributed by atoms with Gasteiger partial charge in [-0.2, -0.15) is 0 Å². The first-order chi connectivity index (χ1) is 13.6. The van der Waals surface area contributed by atoms with E-state index in [4.69, 9.17) is 9.47 Å². The van der Waals surface area contributed by atoms with Gasteiger partial charge in [-0.1, -0.05) is 56.3 Å². The molecule has 0 radical (unpaired) electrons. The molecule has 2 heterocycles. The molecule has 3 aromatic carbocycles. The van der Waals surface area contributed by atoms with Crippen LogP contribution in [0.1, 0.15) is 31.0 Å². The van der Waals surface area contributed by atoms with Gasteiger partial charge in [-0.05, 0) is 41.0 Å². The Morgan fingerprint density at radius 2 is 1.79 bits per heavy atom. The Balaban J connectivity index is 1.63. The molecule has 0 fully saturated rings. The van der Waals surface area contributed by atoms with Crippen LogP contribution in [0.4, 0.5) is 5.69 Å². The Kier molecular flexibility index (Phi) is 3.87. The van der Waals surface area contributed by atoms with Gasteiger partial charge in [-0.3, -0.25) is 0 Å². The third-order valence-electron chi connectivity index (χ3n) is 6.44. The van der Waals surface area contributed by atoms with Crippen LogP contribution in [0.5, 0.6) is 11.5 Å². The molecule has 142 valence electrons. The summed E-state index contributed by atoms with van der Waals surface area (Å²) >= 11 is 0. The molecule has 0 saturated carbocycles. The molecule has 0 saturated heterocycles. The van der Waals surface area contributed by atoms with Crippen LogP contribution in [-0.2, 0) is 5.41 Å². The number of hydrogen-bond acceptors (Lipinski definition) is 3. The van der Waals surface area contributed by atoms with Gasteiger partial charge >= 0.3 is 0 Å². The number of fused-ring (bicyclic) bond motifs is 4. The van der Waals surface area contributed by atoms with Gasteiger partial charge in [0.1, 0.15) is 11.5 Å². The van der Waals surface area contributed by atoms with E-state index in [0.717, 1.165) is 17.1 Å². The number of anilines is 1. The van der Waals surface area contributed by atoms with Gasteiger partial charge in [0.05, 0.1) is 25.3 Å². The number of nitrogens with one attached hydrogen (secondary N) is 1. The molecule has 2 unspecified atom stereocenters. The van der Waals surface area contributed by atoms with Crippen LogP contribution in [0.15, 0.2) is 66.7 Å². The van der Waals surface area contributed by atoms with Crippen LogP contribution in [-0.4, -0.2) is 13.7 Å². The molecule has 1 N–H and O–H groups in total. The summed E-state index contributed by atoms with van der Waals surface area (Å²) < 4.78 is 11.9. The van der Waals surface area contributed by atoms with E-state index < -0.39 is 0 Å². The maximum atomic E-state index is 6.18. The molecule has 2 atom stereocenters. The fourth-order valence-corrected chi connectivity index (χ4v) is 4.79. The van der Waals surface area contributed by atoms with Gasteiger partial charge in [0, 0.05) is 17.0 Å². The maximum absolute atomic E-state index is 6.18. The van der Waals surface area contributed by atoms with Crippen molar-refractivity contribution in [1.82, 2.24) is 0 Å². The summed E-state index contributed by atoms with van der Waals surface area (Å²) in [6, 6.07) is 23.6. The first kappa shape index (κ1) is 17.2. The highest BCUT2D eigenvalue weighted by Crippen LogP contribution is 2.54. The third-order valence-corrected chi connectivity index (χ3v) is 6.44. The summed E-state index contributed by atoms with van der Waals surface area (Å²) in [7, 11) is 1.73. The van der Waals surface area contributed by atoms with Crippen molar-refractivity contribution >= 4 is 5.69 Å². The summed E-state index contributed by atoms with van der Waals surface area (Å²) in [5.74, 6) is 2.13. The summed E-state index contributed by atoms with van der Waals surface area (Å²) in [6.07, 6.45) is 0. The molecule has 0 amide bonds. The van der Waals surface area contributed by atoms with Gasteiger partial charge in [0.2, 0.25) is 0 Å². The van der Waals surface area contributed by atoms with Crippen LogP contribution in [0.25, 0.3) is 11.1 Å². The molecular formula is C25H25NO2. The lowest BCUT2D eigenvalue weighted by Gasteiger charge is -2.48. The minimum atomic E-state index is -0.0332. The Morgan fingerprint density at radius 1 is 0.964 bits per heavy atom. The van der Waals surface area contributed by atoms with Gasteiger partial charge in [-0.25, -0.2) is 0 Å². The molecule has 0 spiro atoms. The zero-order valence-corrected chi connectivity index (χ0v) is 16.5. The number of benzene rings is 3. The molecule has 5 rings (SSSR count). The fourth-order valence-electron chi connectivity index (χ4n) is 4.79. The lowest BCUT2D eigenvalue weighted by atomic mass is 9.65. The lowest BCUT2D eigenvalue weighted by molar-refractivity contribution is 0.133. The molecule has 0 aromatic heterocycles. The van der Waals surface area contributed by atoms with Gasteiger partial charge in [0.25, 0.3) is 0 Å².